The van der Waals surface area contributed by atoms with E-state index in [2.05, 4.69) is 15.9 Å². The van der Waals surface area contributed by atoms with E-state index >= 15 is 0 Å². The molecule has 0 fully saturated rings. The van der Waals surface area contributed by atoms with Crippen molar-refractivity contribution in [2.45, 2.75) is 18.7 Å². The first-order chi connectivity index (χ1) is 6.00. The molecule has 0 aliphatic heterocycles. The quantitative estimate of drug-likeness (QED) is 0.639. The van der Waals surface area contributed by atoms with Gasteiger partial charge in [0.1, 0.15) is 5.78 Å². The lowest BCUT2D eigenvalue weighted by molar-refractivity contribution is -0.116. The lowest BCUT2D eigenvalue weighted by Gasteiger charge is -2.08. The van der Waals surface area contributed by atoms with Gasteiger partial charge in [0.2, 0.25) is 0 Å². The van der Waals surface area contributed by atoms with E-state index in [0.29, 0.717) is 5.69 Å². The average molecular weight is 242 g/mol. The summed E-state index contributed by atoms with van der Waals surface area (Å²) in [5, 5.41) is 0. The number of benzene rings is 1. The van der Waals surface area contributed by atoms with Crippen molar-refractivity contribution in [1.82, 2.24) is 0 Å². The predicted molar refractivity (Wildman–Crippen MR) is 57.9 cm³/mol. The van der Waals surface area contributed by atoms with Crippen molar-refractivity contribution in [2.75, 3.05) is 5.73 Å². The van der Waals surface area contributed by atoms with E-state index in [1.807, 2.05) is 25.1 Å². The molecule has 0 amide bonds. The molecule has 0 bridgehead atoms. The minimum atomic E-state index is -0.241. The maximum Gasteiger partial charge on any atom is 0.147 e. The van der Waals surface area contributed by atoms with Gasteiger partial charge in [0, 0.05) is 5.69 Å². The normalized spacial score (nSPS) is 12.5. The van der Waals surface area contributed by atoms with E-state index in [-0.39, 0.29) is 10.6 Å². The molecule has 1 aromatic carbocycles. The van der Waals surface area contributed by atoms with Crippen LogP contribution in [-0.4, -0.2) is 5.78 Å². The third-order valence-electron chi connectivity index (χ3n) is 1.77. The van der Waals surface area contributed by atoms with Gasteiger partial charge in [-0.15, -0.1) is 0 Å². The maximum absolute atomic E-state index is 11.1. The summed E-state index contributed by atoms with van der Waals surface area (Å²) in [7, 11) is 0. The van der Waals surface area contributed by atoms with Gasteiger partial charge in [-0.25, -0.2) is 0 Å². The van der Waals surface area contributed by atoms with Crippen molar-refractivity contribution in [2.24, 2.45) is 0 Å². The number of hydrogen-bond donors (Lipinski definition) is 1. The highest BCUT2D eigenvalue weighted by molar-refractivity contribution is 9.09. The molecule has 0 aromatic heterocycles. The van der Waals surface area contributed by atoms with Crippen LogP contribution in [0, 0.1) is 6.92 Å². The third-order valence-corrected chi connectivity index (χ3v) is 2.94. The average Bonchev–Trinajstić information content (AvgIpc) is 2.01. The van der Waals surface area contributed by atoms with E-state index in [4.69, 9.17) is 5.73 Å². The van der Waals surface area contributed by atoms with Crippen LogP contribution in [0.1, 0.15) is 22.9 Å². The van der Waals surface area contributed by atoms with Crippen molar-refractivity contribution in [1.29, 1.82) is 0 Å². The van der Waals surface area contributed by atoms with Crippen LogP contribution in [0.2, 0.25) is 0 Å². The number of nitrogen functional groups attached to an aromatic ring is 1. The number of hydrogen-bond acceptors (Lipinski definition) is 2. The Balaban J connectivity index is 3.07. The van der Waals surface area contributed by atoms with Crippen LogP contribution in [0.4, 0.5) is 5.69 Å². The number of halogens is 1. The molecule has 70 valence electrons. The maximum atomic E-state index is 11.1. The van der Waals surface area contributed by atoms with Crippen molar-refractivity contribution < 1.29 is 4.79 Å². The van der Waals surface area contributed by atoms with Gasteiger partial charge in [0.15, 0.2) is 0 Å². The zero-order chi connectivity index (χ0) is 10.0. The standard InChI is InChI=1S/C10H12BrNO/c1-6-3-8(5-9(12)4-6)10(11)7(2)13/h3-5,10H,12H2,1-2H3. The number of anilines is 1. The summed E-state index contributed by atoms with van der Waals surface area (Å²) in [5.41, 5.74) is 8.35. The van der Waals surface area contributed by atoms with Crippen LogP contribution in [0.5, 0.6) is 0 Å². The fourth-order valence-corrected chi connectivity index (χ4v) is 1.49. The van der Waals surface area contributed by atoms with E-state index < -0.39 is 0 Å². The van der Waals surface area contributed by atoms with Gasteiger partial charge >= 0.3 is 0 Å². The molecule has 3 heteroatoms. The molecule has 1 atom stereocenters. The highest BCUT2D eigenvalue weighted by Crippen LogP contribution is 2.26. The minimum Gasteiger partial charge on any atom is -0.399 e. The molecule has 1 rings (SSSR count). The third kappa shape index (κ3) is 2.56. The van der Waals surface area contributed by atoms with Gasteiger partial charge in [-0.05, 0) is 37.1 Å². The number of ketones is 1. The van der Waals surface area contributed by atoms with E-state index in [0.717, 1.165) is 11.1 Å². The molecular formula is C10H12BrNO. The van der Waals surface area contributed by atoms with Crippen LogP contribution in [0.25, 0.3) is 0 Å². The van der Waals surface area contributed by atoms with Crippen LogP contribution in [-0.2, 0) is 4.79 Å². The number of carbonyl (C=O) groups is 1. The van der Waals surface area contributed by atoms with Crippen molar-refractivity contribution in [3.05, 3.63) is 29.3 Å². The SMILES string of the molecule is CC(=O)C(Br)c1cc(C)cc(N)c1. The Kier molecular flexibility index (Phi) is 3.09. The van der Waals surface area contributed by atoms with Crippen LogP contribution in [0.15, 0.2) is 18.2 Å². The number of rotatable bonds is 2. The van der Waals surface area contributed by atoms with E-state index in [9.17, 15) is 4.79 Å². The Hall–Kier alpha value is -0.830. The lowest BCUT2D eigenvalue weighted by atomic mass is 10.1. The van der Waals surface area contributed by atoms with Gasteiger partial charge in [0.05, 0.1) is 4.83 Å². The van der Waals surface area contributed by atoms with Crippen LogP contribution < -0.4 is 5.73 Å². The summed E-state index contributed by atoms with van der Waals surface area (Å²) in [6.45, 7) is 3.51. The highest BCUT2D eigenvalue weighted by atomic mass is 79.9. The highest BCUT2D eigenvalue weighted by Gasteiger charge is 2.12. The molecule has 0 spiro atoms. The molecule has 1 unspecified atom stereocenters. The van der Waals surface area contributed by atoms with Crippen molar-refractivity contribution in [3.63, 3.8) is 0 Å². The molecule has 0 heterocycles. The Morgan fingerprint density at radius 2 is 2.08 bits per heavy atom. The van der Waals surface area contributed by atoms with Crippen LogP contribution in [0.3, 0.4) is 0 Å². The summed E-state index contributed by atoms with van der Waals surface area (Å²) >= 11 is 3.31. The number of carbonyl (C=O) groups excluding carboxylic acids is 1. The molecule has 0 radical (unpaired) electrons. The van der Waals surface area contributed by atoms with Gasteiger partial charge in [-0.3, -0.25) is 4.79 Å². The van der Waals surface area contributed by atoms with Gasteiger partial charge in [-0.2, -0.15) is 0 Å². The molecular weight excluding hydrogens is 230 g/mol. The Morgan fingerprint density at radius 1 is 1.46 bits per heavy atom. The first kappa shape index (κ1) is 10.3. The Labute approximate surface area is 86.3 Å². The number of alkyl halides is 1. The summed E-state index contributed by atoms with van der Waals surface area (Å²) in [6, 6.07) is 5.65. The molecule has 1 aromatic rings. The summed E-state index contributed by atoms with van der Waals surface area (Å²) < 4.78 is 0. The Bertz CT molecular complexity index is 315. The largest absolute Gasteiger partial charge is 0.399 e. The number of nitrogens with two attached hydrogens (primary N) is 1. The smallest absolute Gasteiger partial charge is 0.147 e. The molecule has 0 saturated carbocycles. The molecule has 2 nitrogen and oxygen atoms in total. The monoisotopic (exact) mass is 241 g/mol. The molecule has 0 aliphatic carbocycles. The van der Waals surface area contributed by atoms with Crippen molar-refractivity contribution >= 4 is 27.4 Å². The lowest BCUT2D eigenvalue weighted by Crippen LogP contribution is -2.02. The first-order valence-electron chi connectivity index (χ1n) is 4.02. The van der Waals surface area contributed by atoms with Crippen LogP contribution >= 0.6 is 15.9 Å². The number of Topliss-reactive ketones (excluding diaryl/α,β-unsaturated/α-hetero) is 1. The first-order valence-corrected chi connectivity index (χ1v) is 4.94. The molecule has 0 aliphatic rings. The summed E-state index contributed by atoms with van der Waals surface area (Å²) in [4.78, 5) is 10.8. The zero-order valence-corrected chi connectivity index (χ0v) is 9.26. The summed E-state index contributed by atoms with van der Waals surface area (Å²) in [6.07, 6.45) is 0. The predicted octanol–water partition coefficient (Wildman–Crippen LogP) is 2.60. The fourth-order valence-electron chi connectivity index (χ4n) is 1.22. The molecule has 13 heavy (non-hydrogen) atoms. The molecule has 0 saturated heterocycles. The van der Waals surface area contributed by atoms with E-state index in [1.165, 1.54) is 0 Å². The fraction of sp³-hybridized carbons (Fsp3) is 0.300. The van der Waals surface area contributed by atoms with E-state index in [1.54, 1.807) is 6.92 Å². The Morgan fingerprint density at radius 3 is 2.54 bits per heavy atom. The minimum absolute atomic E-state index is 0.0880. The molecule has 2 N–H and O–H groups in total. The second-order valence-corrected chi connectivity index (χ2v) is 4.07. The van der Waals surface area contributed by atoms with Crippen molar-refractivity contribution in [3.8, 4) is 0 Å². The van der Waals surface area contributed by atoms with Gasteiger partial charge in [-0.1, -0.05) is 22.0 Å². The second-order valence-electron chi connectivity index (χ2n) is 3.15. The van der Waals surface area contributed by atoms with Gasteiger partial charge < -0.3 is 5.73 Å². The second kappa shape index (κ2) is 3.92. The number of aryl methyl sites for hydroxylation is 1. The topological polar surface area (TPSA) is 43.1 Å². The summed E-state index contributed by atoms with van der Waals surface area (Å²) in [5.74, 6) is 0.0880. The zero-order valence-electron chi connectivity index (χ0n) is 7.67. The van der Waals surface area contributed by atoms with Gasteiger partial charge in [0.25, 0.3) is 0 Å².